The number of phenols is 1. The first-order valence-electron chi connectivity index (χ1n) is 13.1. The largest absolute Gasteiger partial charge is 0.507 e. The summed E-state index contributed by atoms with van der Waals surface area (Å²) in [6.07, 6.45) is -0.175. The van der Waals surface area contributed by atoms with Crippen LogP contribution in [-0.2, 0) is 9.47 Å². The minimum absolute atomic E-state index is 0.00597. The second-order valence-electron chi connectivity index (χ2n) is 9.36. The SMILES string of the molecule is Cc1ccccc1C(OCCN(C)CCOC(=O)c1ccccc1OC(=O)c1ccccc1O)c1ccccc1. The number of benzene rings is 4. The Kier molecular flexibility index (Phi) is 10.0. The first kappa shape index (κ1) is 28.5. The van der Waals surface area contributed by atoms with Gasteiger partial charge in [0.2, 0.25) is 0 Å². The van der Waals surface area contributed by atoms with E-state index in [0.717, 1.165) is 11.1 Å². The lowest BCUT2D eigenvalue weighted by atomic mass is 9.97. The molecule has 0 saturated heterocycles. The zero-order chi connectivity index (χ0) is 28.3. The van der Waals surface area contributed by atoms with Crippen molar-refractivity contribution in [3.8, 4) is 11.5 Å². The van der Waals surface area contributed by atoms with Crippen LogP contribution in [0.3, 0.4) is 0 Å². The van der Waals surface area contributed by atoms with Crippen molar-refractivity contribution >= 4 is 11.9 Å². The van der Waals surface area contributed by atoms with E-state index in [9.17, 15) is 14.7 Å². The van der Waals surface area contributed by atoms with E-state index in [1.165, 1.54) is 29.8 Å². The molecule has 0 aliphatic carbocycles. The van der Waals surface area contributed by atoms with Gasteiger partial charge in [-0.1, -0.05) is 78.9 Å². The number of likely N-dealkylation sites (N-methyl/N-ethyl adjacent to an activating group) is 1. The molecule has 4 aromatic carbocycles. The normalized spacial score (nSPS) is 11.7. The van der Waals surface area contributed by atoms with Gasteiger partial charge >= 0.3 is 11.9 Å². The molecule has 0 aliphatic rings. The number of rotatable bonds is 12. The van der Waals surface area contributed by atoms with E-state index in [1.807, 2.05) is 42.3 Å². The molecular formula is C33H33NO6. The van der Waals surface area contributed by atoms with Gasteiger partial charge in [0.05, 0.1) is 6.61 Å². The van der Waals surface area contributed by atoms with Crippen LogP contribution in [0.4, 0.5) is 0 Å². The van der Waals surface area contributed by atoms with Crippen LogP contribution in [0.2, 0.25) is 0 Å². The molecule has 0 aliphatic heterocycles. The summed E-state index contributed by atoms with van der Waals surface area (Å²) in [5, 5.41) is 9.92. The minimum Gasteiger partial charge on any atom is -0.507 e. The van der Waals surface area contributed by atoms with Gasteiger partial charge in [-0.3, -0.25) is 0 Å². The van der Waals surface area contributed by atoms with E-state index in [1.54, 1.807) is 24.3 Å². The van der Waals surface area contributed by atoms with Crippen molar-refractivity contribution in [3.63, 3.8) is 0 Å². The summed E-state index contributed by atoms with van der Waals surface area (Å²) in [5.74, 6) is -1.51. The number of nitrogens with zero attached hydrogens (tertiary/aromatic N) is 1. The molecular weight excluding hydrogens is 506 g/mol. The highest BCUT2D eigenvalue weighted by molar-refractivity contribution is 5.97. The van der Waals surface area contributed by atoms with Gasteiger partial charge in [0, 0.05) is 13.1 Å². The first-order valence-corrected chi connectivity index (χ1v) is 13.1. The molecule has 4 aromatic rings. The average Bonchev–Trinajstić information content (AvgIpc) is 2.97. The molecule has 0 saturated carbocycles. The molecule has 1 N–H and O–H groups in total. The molecule has 40 heavy (non-hydrogen) atoms. The van der Waals surface area contributed by atoms with Crippen molar-refractivity contribution in [1.29, 1.82) is 0 Å². The summed E-state index contributed by atoms with van der Waals surface area (Å²) in [4.78, 5) is 27.3. The molecule has 0 spiro atoms. The monoisotopic (exact) mass is 539 g/mol. The molecule has 0 radical (unpaired) electrons. The number of aryl methyl sites for hydroxylation is 1. The number of para-hydroxylation sites is 2. The summed E-state index contributed by atoms with van der Waals surface area (Å²) in [6.45, 7) is 3.86. The third-order valence-corrected chi connectivity index (χ3v) is 6.47. The Morgan fingerprint density at radius 2 is 1.38 bits per heavy atom. The van der Waals surface area contributed by atoms with Gasteiger partial charge in [-0.25, -0.2) is 9.59 Å². The second kappa shape index (κ2) is 14.1. The van der Waals surface area contributed by atoms with Crippen LogP contribution in [0.1, 0.15) is 43.5 Å². The van der Waals surface area contributed by atoms with Crippen molar-refractivity contribution in [3.05, 3.63) is 131 Å². The van der Waals surface area contributed by atoms with E-state index in [0.29, 0.717) is 19.7 Å². The Hall–Kier alpha value is -4.46. The summed E-state index contributed by atoms with van der Waals surface area (Å²) in [6, 6.07) is 30.8. The predicted octanol–water partition coefficient (Wildman–Crippen LogP) is 5.81. The Morgan fingerprint density at radius 1 is 0.750 bits per heavy atom. The quantitative estimate of drug-likeness (QED) is 0.180. The van der Waals surface area contributed by atoms with Gasteiger partial charge in [-0.2, -0.15) is 0 Å². The van der Waals surface area contributed by atoms with Gasteiger partial charge in [0.15, 0.2) is 0 Å². The van der Waals surface area contributed by atoms with Crippen molar-refractivity contribution in [2.24, 2.45) is 0 Å². The number of phenolic OH excluding ortho intramolecular Hbond substituents is 1. The zero-order valence-electron chi connectivity index (χ0n) is 22.7. The van der Waals surface area contributed by atoms with Gasteiger partial charge in [-0.15, -0.1) is 0 Å². The van der Waals surface area contributed by atoms with Crippen LogP contribution in [0.25, 0.3) is 0 Å². The fourth-order valence-electron chi connectivity index (χ4n) is 4.21. The summed E-state index contributed by atoms with van der Waals surface area (Å²) >= 11 is 0. The van der Waals surface area contributed by atoms with Gasteiger partial charge in [-0.05, 0) is 54.9 Å². The lowest BCUT2D eigenvalue weighted by molar-refractivity contribution is 0.0411. The smallest absolute Gasteiger partial charge is 0.347 e. The zero-order valence-corrected chi connectivity index (χ0v) is 22.7. The maximum absolute atomic E-state index is 12.8. The van der Waals surface area contributed by atoms with Crippen LogP contribution >= 0.6 is 0 Å². The van der Waals surface area contributed by atoms with Crippen LogP contribution < -0.4 is 4.74 Å². The van der Waals surface area contributed by atoms with Gasteiger partial charge in [0.25, 0.3) is 0 Å². The maximum atomic E-state index is 12.8. The molecule has 0 bridgehead atoms. The van der Waals surface area contributed by atoms with Crippen molar-refractivity contribution in [1.82, 2.24) is 4.90 Å². The van der Waals surface area contributed by atoms with Crippen molar-refractivity contribution in [2.45, 2.75) is 13.0 Å². The van der Waals surface area contributed by atoms with Crippen LogP contribution in [0, 0.1) is 6.92 Å². The highest BCUT2D eigenvalue weighted by Gasteiger charge is 2.20. The van der Waals surface area contributed by atoms with E-state index < -0.39 is 11.9 Å². The third-order valence-electron chi connectivity index (χ3n) is 6.47. The molecule has 7 heteroatoms. The van der Waals surface area contributed by atoms with E-state index >= 15 is 0 Å². The first-order chi connectivity index (χ1) is 19.4. The minimum atomic E-state index is -0.766. The fraction of sp³-hybridized carbons (Fsp3) is 0.212. The highest BCUT2D eigenvalue weighted by atomic mass is 16.5. The molecule has 0 amide bonds. The van der Waals surface area contributed by atoms with Crippen molar-refractivity contribution < 1.29 is 28.9 Å². The Labute approximate surface area is 234 Å². The third kappa shape index (κ3) is 7.56. The van der Waals surface area contributed by atoms with E-state index in [-0.39, 0.29) is 35.3 Å². The Morgan fingerprint density at radius 3 is 2.12 bits per heavy atom. The second-order valence-corrected chi connectivity index (χ2v) is 9.36. The van der Waals surface area contributed by atoms with Gasteiger partial charge in [0.1, 0.15) is 35.3 Å². The summed E-state index contributed by atoms with van der Waals surface area (Å²) in [7, 11) is 1.94. The standard InChI is InChI=1S/C33H33NO6/c1-24-12-6-7-15-26(24)31(25-13-4-3-5-14-25)38-22-20-34(2)21-23-39-32(36)28-17-9-11-19-30(28)40-33(37)27-16-8-10-18-29(27)35/h3-19,31,35H,20-23H2,1-2H3. The number of aromatic hydroxyl groups is 1. The Bertz CT molecular complexity index is 1420. The lowest BCUT2D eigenvalue weighted by Crippen LogP contribution is -2.28. The summed E-state index contributed by atoms with van der Waals surface area (Å²) < 4.78 is 17.2. The molecule has 206 valence electrons. The molecule has 0 fully saturated rings. The summed E-state index contributed by atoms with van der Waals surface area (Å²) in [5.41, 5.74) is 3.53. The molecule has 0 heterocycles. The number of esters is 2. The molecule has 4 rings (SSSR count). The van der Waals surface area contributed by atoms with Crippen LogP contribution in [0.5, 0.6) is 11.5 Å². The topological polar surface area (TPSA) is 85.3 Å². The lowest BCUT2D eigenvalue weighted by Gasteiger charge is -2.23. The van der Waals surface area contributed by atoms with Crippen molar-refractivity contribution in [2.75, 3.05) is 33.4 Å². The number of carbonyl (C=O) groups is 2. The Balaban J connectivity index is 1.28. The fourth-order valence-corrected chi connectivity index (χ4v) is 4.21. The number of carbonyl (C=O) groups excluding carboxylic acids is 2. The van der Waals surface area contributed by atoms with Crippen LogP contribution in [0.15, 0.2) is 103 Å². The average molecular weight is 540 g/mol. The molecule has 7 nitrogen and oxygen atoms in total. The van der Waals surface area contributed by atoms with Gasteiger partial charge < -0.3 is 24.2 Å². The number of ether oxygens (including phenoxy) is 3. The van der Waals surface area contributed by atoms with E-state index in [2.05, 4.69) is 31.2 Å². The van der Waals surface area contributed by atoms with Crippen LogP contribution in [-0.4, -0.2) is 55.3 Å². The number of hydrogen-bond acceptors (Lipinski definition) is 7. The molecule has 0 aromatic heterocycles. The molecule has 1 unspecified atom stereocenters. The van der Waals surface area contributed by atoms with E-state index in [4.69, 9.17) is 14.2 Å². The molecule has 1 atom stereocenters. The predicted molar refractivity (Wildman–Crippen MR) is 153 cm³/mol. The number of hydrogen-bond donors (Lipinski definition) is 1. The highest BCUT2D eigenvalue weighted by Crippen LogP contribution is 2.28. The maximum Gasteiger partial charge on any atom is 0.347 e.